The Morgan fingerprint density at radius 2 is 1.88 bits per heavy atom. The molecule has 3 rings (SSSR count). The number of amides is 2. The third kappa shape index (κ3) is 7.73. The molecule has 2 amide bonds. The van der Waals surface area contributed by atoms with E-state index in [0.29, 0.717) is 18.7 Å². The molecule has 3 aromatic rings. The van der Waals surface area contributed by atoms with Crippen molar-refractivity contribution in [1.29, 1.82) is 0 Å². The van der Waals surface area contributed by atoms with Gasteiger partial charge in [-0.2, -0.15) is 11.8 Å². The van der Waals surface area contributed by atoms with Crippen LogP contribution in [0, 0.1) is 0 Å². The fourth-order valence-electron chi connectivity index (χ4n) is 3.44. The number of fused-ring (bicyclic) bond motifs is 1. The monoisotopic (exact) mass is 483 g/mol. The standard InChI is InChI=1S/C26H33N3O4S/c1-26(2,3)33-25(31)29-23(17-34-16-18-8-6-5-7-9-18)24(30)27-13-12-19-15-28-22-11-10-20(32-4)14-21(19)22/h5-11,14-15,23,28H,12-13,16-17H2,1-4H3,(H,27,30)(H,29,31)/t23-/m1/s1. The molecule has 0 bridgehead atoms. The predicted octanol–water partition coefficient (Wildman–Crippen LogP) is 4.66. The van der Waals surface area contributed by atoms with Gasteiger partial charge in [-0.25, -0.2) is 4.79 Å². The van der Waals surface area contributed by atoms with Gasteiger partial charge in [0, 0.05) is 35.2 Å². The van der Waals surface area contributed by atoms with E-state index in [1.807, 2.05) is 54.7 Å². The second-order valence-electron chi connectivity index (χ2n) is 8.97. The Kier molecular flexibility index (Phi) is 8.87. The molecule has 0 aliphatic rings. The van der Waals surface area contributed by atoms with Gasteiger partial charge in [-0.3, -0.25) is 4.79 Å². The largest absolute Gasteiger partial charge is 0.497 e. The smallest absolute Gasteiger partial charge is 0.408 e. The summed E-state index contributed by atoms with van der Waals surface area (Å²) < 4.78 is 10.7. The Morgan fingerprint density at radius 3 is 2.59 bits per heavy atom. The van der Waals surface area contributed by atoms with Crippen LogP contribution in [0.15, 0.2) is 54.7 Å². The van der Waals surface area contributed by atoms with Crippen LogP contribution in [0.5, 0.6) is 5.75 Å². The number of carbonyl (C=O) groups is 2. The summed E-state index contributed by atoms with van der Waals surface area (Å²) in [6.45, 7) is 5.82. The molecule has 0 spiro atoms. The van der Waals surface area contributed by atoms with Gasteiger partial charge < -0.3 is 25.1 Å². The summed E-state index contributed by atoms with van der Waals surface area (Å²) in [5.74, 6) is 1.74. The van der Waals surface area contributed by atoms with E-state index in [1.54, 1.807) is 39.6 Å². The van der Waals surface area contributed by atoms with Crippen molar-refractivity contribution in [3.63, 3.8) is 0 Å². The molecule has 7 nitrogen and oxygen atoms in total. The number of nitrogens with one attached hydrogen (secondary N) is 3. The molecule has 0 saturated heterocycles. The van der Waals surface area contributed by atoms with Gasteiger partial charge in [0.15, 0.2) is 0 Å². The number of aromatic nitrogens is 1. The molecule has 2 aromatic carbocycles. The summed E-state index contributed by atoms with van der Waals surface area (Å²) >= 11 is 1.59. The number of benzene rings is 2. The zero-order chi connectivity index (χ0) is 24.6. The lowest BCUT2D eigenvalue weighted by molar-refractivity contribution is -0.122. The Balaban J connectivity index is 1.58. The van der Waals surface area contributed by atoms with Gasteiger partial charge in [0.25, 0.3) is 0 Å². The Morgan fingerprint density at radius 1 is 1.12 bits per heavy atom. The van der Waals surface area contributed by atoms with E-state index in [-0.39, 0.29) is 5.91 Å². The van der Waals surface area contributed by atoms with Crippen molar-refractivity contribution < 1.29 is 19.1 Å². The van der Waals surface area contributed by atoms with E-state index in [1.165, 1.54) is 5.56 Å². The molecule has 8 heteroatoms. The first-order chi connectivity index (χ1) is 16.2. The Hall–Kier alpha value is -3.13. The number of thioether (sulfide) groups is 1. The quantitative estimate of drug-likeness (QED) is 0.390. The normalized spacial score (nSPS) is 12.2. The van der Waals surface area contributed by atoms with Crippen molar-refractivity contribution in [3.05, 3.63) is 65.9 Å². The minimum Gasteiger partial charge on any atom is -0.497 e. The van der Waals surface area contributed by atoms with Crippen LogP contribution in [0.4, 0.5) is 4.79 Å². The van der Waals surface area contributed by atoms with Gasteiger partial charge in [0.1, 0.15) is 17.4 Å². The number of H-pyrrole nitrogens is 1. The van der Waals surface area contributed by atoms with Crippen LogP contribution in [0.2, 0.25) is 0 Å². The number of hydrogen-bond acceptors (Lipinski definition) is 5. The van der Waals surface area contributed by atoms with Crippen LogP contribution in [0.3, 0.4) is 0 Å². The van der Waals surface area contributed by atoms with Crippen LogP contribution < -0.4 is 15.4 Å². The average Bonchev–Trinajstić information content (AvgIpc) is 3.20. The van der Waals surface area contributed by atoms with Gasteiger partial charge in [0.2, 0.25) is 5.91 Å². The topological polar surface area (TPSA) is 92.5 Å². The summed E-state index contributed by atoms with van der Waals surface area (Å²) in [6.07, 6.45) is 1.99. The SMILES string of the molecule is COc1ccc2[nH]cc(CCNC(=O)[C@@H](CSCc3ccccc3)NC(=O)OC(C)(C)C)c2c1. The van der Waals surface area contributed by atoms with Gasteiger partial charge >= 0.3 is 6.09 Å². The second kappa shape index (κ2) is 11.8. The first-order valence-electron chi connectivity index (χ1n) is 11.3. The number of methoxy groups -OCH3 is 1. The summed E-state index contributed by atoms with van der Waals surface area (Å²) in [7, 11) is 1.64. The Bertz CT molecular complexity index is 1090. The maximum Gasteiger partial charge on any atom is 0.408 e. The van der Waals surface area contributed by atoms with E-state index in [9.17, 15) is 9.59 Å². The van der Waals surface area contributed by atoms with Gasteiger partial charge in [-0.1, -0.05) is 30.3 Å². The summed E-state index contributed by atoms with van der Waals surface area (Å²) in [5, 5.41) is 6.76. The molecule has 34 heavy (non-hydrogen) atoms. The van der Waals surface area contributed by atoms with Crippen LogP contribution in [-0.2, 0) is 21.7 Å². The molecule has 0 aliphatic heterocycles. The summed E-state index contributed by atoms with van der Waals surface area (Å²) in [5.41, 5.74) is 2.63. The molecule has 1 aromatic heterocycles. The number of rotatable bonds is 10. The first-order valence-corrected chi connectivity index (χ1v) is 12.4. The highest BCUT2D eigenvalue weighted by molar-refractivity contribution is 7.98. The average molecular weight is 484 g/mol. The number of alkyl carbamates (subject to hydrolysis) is 1. The molecule has 0 fully saturated rings. The molecular weight excluding hydrogens is 450 g/mol. The van der Waals surface area contributed by atoms with Gasteiger partial charge in [-0.15, -0.1) is 0 Å². The minimum atomic E-state index is -0.702. The molecule has 3 N–H and O–H groups in total. The van der Waals surface area contributed by atoms with Crippen LogP contribution in [0.1, 0.15) is 31.9 Å². The number of aromatic amines is 1. The van der Waals surface area contributed by atoms with Crippen molar-refractivity contribution in [2.24, 2.45) is 0 Å². The molecule has 1 heterocycles. The molecule has 0 aliphatic carbocycles. The van der Waals surface area contributed by atoms with Crippen molar-refractivity contribution in [1.82, 2.24) is 15.6 Å². The van der Waals surface area contributed by atoms with Crippen molar-refractivity contribution in [2.75, 3.05) is 19.4 Å². The maximum absolute atomic E-state index is 13.0. The van der Waals surface area contributed by atoms with E-state index in [2.05, 4.69) is 15.6 Å². The lowest BCUT2D eigenvalue weighted by Gasteiger charge is -2.23. The third-order valence-electron chi connectivity index (χ3n) is 5.07. The lowest BCUT2D eigenvalue weighted by atomic mass is 10.1. The van der Waals surface area contributed by atoms with Crippen molar-refractivity contribution >= 4 is 34.7 Å². The highest BCUT2D eigenvalue weighted by Crippen LogP contribution is 2.23. The first kappa shape index (κ1) is 25.5. The zero-order valence-corrected chi connectivity index (χ0v) is 21.0. The van der Waals surface area contributed by atoms with E-state index in [4.69, 9.17) is 9.47 Å². The van der Waals surface area contributed by atoms with Crippen LogP contribution in [0.25, 0.3) is 10.9 Å². The number of ether oxygens (including phenoxy) is 2. The van der Waals surface area contributed by atoms with Gasteiger partial charge in [0.05, 0.1) is 7.11 Å². The second-order valence-corrected chi connectivity index (χ2v) is 10.00. The molecule has 1 atom stereocenters. The van der Waals surface area contributed by atoms with Crippen molar-refractivity contribution in [2.45, 2.75) is 44.6 Å². The highest BCUT2D eigenvalue weighted by Gasteiger charge is 2.24. The molecule has 0 unspecified atom stereocenters. The van der Waals surface area contributed by atoms with E-state index < -0.39 is 17.7 Å². The van der Waals surface area contributed by atoms with Crippen LogP contribution in [-0.4, -0.2) is 48.0 Å². The molecule has 182 valence electrons. The zero-order valence-electron chi connectivity index (χ0n) is 20.1. The minimum absolute atomic E-state index is 0.233. The van der Waals surface area contributed by atoms with E-state index >= 15 is 0 Å². The predicted molar refractivity (Wildman–Crippen MR) is 137 cm³/mol. The summed E-state index contributed by atoms with van der Waals surface area (Å²) in [6, 6.07) is 15.2. The third-order valence-corrected chi connectivity index (χ3v) is 6.18. The number of hydrogen-bond donors (Lipinski definition) is 3. The van der Waals surface area contributed by atoms with E-state index in [0.717, 1.165) is 28.0 Å². The fourth-order valence-corrected chi connectivity index (χ4v) is 4.45. The van der Waals surface area contributed by atoms with Gasteiger partial charge in [-0.05, 0) is 56.5 Å². The highest BCUT2D eigenvalue weighted by atomic mass is 32.2. The summed E-state index contributed by atoms with van der Waals surface area (Å²) in [4.78, 5) is 28.5. The molecular formula is C26H33N3O4S. The lowest BCUT2D eigenvalue weighted by Crippen LogP contribution is -2.50. The van der Waals surface area contributed by atoms with Crippen LogP contribution >= 0.6 is 11.8 Å². The number of carbonyl (C=O) groups excluding carboxylic acids is 2. The molecule has 0 saturated carbocycles. The molecule has 0 radical (unpaired) electrons. The Labute approximate surface area is 205 Å². The maximum atomic E-state index is 13.0. The van der Waals surface area contributed by atoms with Crippen molar-refractivity contribution in [3.8, 4) is 5.75 Å². The fraction of sp³-hybridized carbons (Fsp3) is 0.385.